The third kappa shape index (κ3) is 3.58. The smallest absolute Gasteiger partial charge is 0.0701 e. The van der Waals surface area contributed by atoms with Crippen molar-refractivity contribution in [2.75, 3.05) is 7.05 Å². The molecule has 0 saturated carbocycles. The van der Waals surface area contributed by atoms with E-state index in [0.717, 1.165) is 15.9 Å². The summed E-state index contributed by atoms with van der Waals surface area (Å²) < 4.78 is 2.10. The summed E-state index contributed by atoms with van der Waals surface area (Å²) in [4.78, 5) is 1.35. The molecule has 0 spiro atoms. The summed E-state index contributed by atoms with van der Waals surface area (Å²) in [7, 11) is 1.98. The quantitative estimate of drug-likeness (QED) is 0.710. The molecule has 1 aromatic heterocycles. The maximum atomic E-state index is 6.14. The summed E-state index contributed by atoms with van der Waals surface area (Å²) in [5, 5.41) is 4.09. The molecule has 2 aromatic rings. The molecule has 1 heterocycles. The Hall–Kier alpha value is 0.130. The second-order valence-electron chi connectivity index (χ2n) is 3.92. The number of likely N-dealkylation sites (N-methyl/N-ethyl adjacent to an activating group) is 1. The highest BCUT2D eigenvalue weighted by Gasteiger charge is 2.12. The Morgan fingerprint density at radius 1 is 1.28 bits per heavy atom. The van der Waals surface area contributed by atoms with Crippen LogP contribution in [0.15, 0.2) is 38.6 Å². The average molecular weight is 410 g/mol. The minimum atomic E-state index is 0.279. The lowest BCUT2D eigenvalue weighted by Crippen LogP contribution is -2.18. The number of benzene rings is 1. The first-order valence-electron chi connectivity index (χ1n) is 5.46. The summed E-state index contributed by atoms with van der Waals surface area (Å²) in [6.45, 7) is 0. The molecule has 96 valence electrons. The van der Waals surface area contributed by atoms with E-state index in [9.17, 15) is 0 Å². The second-order valence-corrected chi connectivity index (χ2v) is 7.73. The molecule has 0 bridgehead atoms. The zero-order valence-electron chi connectivity index (χ0n) is 9.71. The molecule has 0 radical (unpaired) electrons. The molecule has 0 aliphatic heterocycles. The Morgan fingerprint density at radius 3 is 2.61 bits per heavy atom. The van der Waals surface area contributed by atoms with Crippen molar-refractivity contribution in [2.24, 2.45) is 0 Å². The molecular weight excluding hydrogens is 397 g/mol. The van der Waals surface area contributed by atoms with Crippen LogP contribution in [0.2, 0.25) is 5.02 Å². The van der Waals surface area contributed by atoms with E-state index >= 15 is 0 Å². The topological polar surface area (TPSA) is 12.0 Å². The lowest BCUT2D eigenvalue weighted by atomic mass is 10.0. The number of hydrogen-bond acceptors (Lipinski definition) is 2. The average Bonchev–Trinajstić information content (AvgIpc) is 2.75. The molecule has 0 aliphatic carbocycles. The van der Waals surface area contributed by atoms with Gasteiger partial charge in [0.05, 0.1) is 8.81 Å². The van der Waals surface area contributed by atoms with Crippen LogP contribution in [0.5, 0.6) is 0 Å². The summed E-state index contributed by atoms with van der Waals surface area (Å²) >= 11 is 14.8. The first-order valence-corrected chi connectivity index (χ1v) is 8.24. The largest absolute Gasteiger partial charge is 0.313 e. The summed E-state index contributed by atoms with van der Waals surface area (Å²) in [5.74, 6) is 0. The van der Waals surface area contributed by atoms with Gasteiger partial charge in [0.25, 0.3) is 0 Å². The molecule has 0 amide bonds. The highest BCUT2D eigenvalue weighted by atomic mass is 79.9. The van der Waals surface area contributed by atoms with Crippen molar-refractivity contribution in [1.29, 1.82) is 0 Å². The van der Waals surface area contributed by atoms with Gasteiger partial charge in [0, 0.05) is 21.8 Å². The number of hydrogen-bond donors (Lipinski definition) is 1. The van der Waals surface area contributed by atoms with Gasteiger partial charge in [-0.25, -0.2) is 0 Å². The van der Waals surface area contributed by atoms with Crippen molar-refractivity contribution in [3.8, 4) is 0 Å². The van der Waals surface area contributed by atoms with E-state index in [0.29, 0.717) is 0 Å². The molecular formula is C13H12Br2ClNS. The minimum Gasteiger partial charge on any atom is -0.313 e. The fourth-order valence-electron chi connectivity index (χ4n) is 1.78. The van der Waals surface area contributed by atoms with E-state index in [1.807, 2.05) is 19.2 Å². The molecule has 1 N–H and O–H groups in total. The summed E-state index contributed by atoms with van der Waals surface area (Å²) in [5.41, 5.74) is 1.20. The van der Waals surface area contributed by atoms with E-state index in [-0.39, 0.29) is 6.04 Å². The fraction of sp³-hybridized carbons (Fsp3) is 0.231. The van der Waals surface area contributed by atoms with Crippen molar-refractivity contribution in [1.82, 2.24) is 5.32 Å². The van der Waals surface area contributed by atoms with Gasteiger partial charge in [-0.1, -0.05) is 17.7 Å². The number of halogens is 3. The van der Waals surface area contributed by atoms with Crippen molar-refractivity contribution >= 4 is 54.8 Å². The Balaban J connectivity index is 2.19. The summed E-state index contributed by atoms with van der Waals surface area (Å²) in [6.07, 6.45) is 0.963. The van der Waals surface area contributed by atoms with Crippen molar-refractivity contribution < 1.29 is 0 Å². The van der Waals surface area contributed by atoms with Crippen LogP contribution in [-0.2, 0) is 6.42 Å². The van der Waals surface area contributed by atoms with E-state index in [2.05, 4.69) is 55.4 Å². The number of nitrogens with one attached hydrogen (secondary N) is 1. The number of rotatable bonds is 4. The lowest BCUT2D eigenvalue weighted by molar-refractivity contribution is 0.596. The summed E-state index contributed by atoms with van der Waals surface area (Å²) in [6, 6.07) is 10.6. The van der Waals surface area contributed by atoms with Gasteiger partial charge in [0.1, 0.15) is 0 Å². The van der Waals surface area contributed by atoms with Crippen molar-refractivity contribution in [2.45, 2.75) is 12.5 Å². The van der Waals surface area contributed by atoms with E-state index < -0.39 is 0 Å². The predicted molar refractivity (Wildman–Crippen MR) is 86.7 cm³/mol. The molecule has 0 fully saturated rings. The van der Waals surface area contributed by atoms with Crippen LogP contribution in [0.25, 0.3) is 0 Å². The predicted octanol–water partition coefficient (Wildman–Crippen LogP) is 5.43. The molecule has 1 nitrogen and oxygen atoms in total. The van der Waals surface area contributed by atoms with Crippen LogP contribution in [0.1, 0.15) is 16.5 Å². The van der Waals surface area contributed by atoms with Crippen LogP contribution >= 0.6 is 54.8 Å². The maximum Gasteiger partial charge on any atom is 0.0701 e. The van der Waals surface area contributed by atoms with Crippen LogP contribution in [0, 0.1) is 0 Å². The third-order valence-corrected chi connectivity index (χ3v) is 5.61. The zero-order valence-corrected chi connectivity index (χ0v) is 14.5. The highest BCUT2D eigenvalue weighted by Crippen LogP contribution is 2.30. The molecule has 1 unspecified atom stereocenters. The van der Waals surface area contributed by atoms with E-state index in [1.165, 1.54) is 14.2 Å². The normalized spacial score (nSPS) is 12.7. The Morgan fingerprint density at radius 2 is 2.06 bits per heavy atom. The Kier molecular flexibility index (Phi) is 5.27. The van der Waals surface area contributed by atoms with Crippen LogP contribution < -0.4 is 5.32 Å². The SMILES string of the molecule is CNC(Cc1ccc(Br)s1)c1ccc(Br)c(Cl)c1. The first-order chi connectivity index (χ1) is 8.60. The monoisotopic (exact) mass is 407 g/mol. The molecule has 1 atom stereocenters. The van der Waals surface area contributed by atoms with Gasteiger partial charge in [-0.2, -0.15) is 0 Å². The van der Waals surface area contributed by atoms with Gasteiger partial charge in [-0.05, 0) is 68.7 Å². The van der Waals surface area contributed by atoms with E-state index in [4.69, 9.17) is 11.6 Å². The fourth-order valence-corrected chi connectivity index (χ4v) is 3.74. The van der Waals surface area contributed by atoms with Gasteiger partial charge in [-0.3, -0.25) is 0 Å². The van der Waals surface area contributed by atoms with Gasteiger partial charge in [0.15, 0.2) is 0 Å². The molecule has 0 saturated heterocycles. The third-order valence-electron chi connectivity index (χ3n) is 2.73. The van der Waals surface area contributed by atoms with Gasteiger partial charge >= 0.3 is 0 Å². The molecule has 1 aromatic carbocycles. The van der Waals surface area contributed by atoms with Crippen molar-refractivity contribution in [3.63, 3.8) is 0 Å². The van der Waals surface area contributed by atoms with Crippen LogP contribution in [0.4, 0.5) is 0 Å². The Labute approximate surface area is 133 Å². The van der Waals surface area contributed by atoms with Crippen molar-refractivity contribution in [3.05, 3.63) is 54.1 Å². The first kappa shape index (κ1) is 14.5. The minimum absolute atomic E-state index is 0.279. The molecule has 0 aliphatic rings. The Bertz CT molecular complexity index is 542. The van der Waals surface area contributed by atoms with E-state index in [1.54, 1.807) is 11.3 Å². The highest BCUT2D eigenvalue weighted by molar-refractivity contribution is 9.11. The second kappa shape index (κ2) is 6.53. The molecule has 5 heteroatoms. The van der Waals surface area contributed by atoms with Gasteiger partial charge in [-0.15, -0.1) is 11.3 Å². The molecule has 2 rings (SSSR count). The lowest BCUT2D eigenvalue weighted by Gasteiger charge is -2.16. The number of thiophene rings is 1. The van der Waals surface area contributed by atoms with Crippen LogP contribution in [-0.4, -0.2) is 7.05 Å². The van der Waals surface area contributed by atoms with Gasteiger partial charge in [0.2, 0.25) is 0 Å². The van der Waals surface area contributed by atoms with Gasteiger partial charge < -0.3 is 5.32 Å². The zero-order chi connectivity index (χ0) is 13.1. The standard InChI is InChI=1S/C13H12Br2ClNS/c1-17-12(7-9-3-5-13(15)18-9)8-2-4-10(14)11(16)6-8/h2-6,12,17H,7H2,1H3. The molecule has 18 heavy (non-hydrogen) atoms. The van der Waals surface area contributed by atoms with Crippen LogP contribution in [0.3, 0.4) is 0 Å². The maximum absolute atomic E-state index is 6.14.